The maximum Gasteiger partial charge on any atom is 0.243 e. The average Bonchev–Trinajstić information content (AvgIpc) is 2.54. The number of fused-ring (bicyclic) bond motifs is 1. The van der Waals surface area contributed by atoms with Crippen LogP contribution in [0.1, 0.15) is 12.8 Å². The second kappa shape index (κ2) is 5.81. The molecule has 116 valence electrons. The Bertz CT molecular complexity index is 619. The number of sulfonamides is 1. The van der Waals surface area contributed by atoms with Crippen molar-refractivity contribution in [2.24, 2.45) is 5.92 Å². The van der Waals surface area contributed by atoms with Crippen LogP contribution in [-0.4, -0.2) is 45.7 Å². The molecule has 0 saturated carbocycles. The van der Waals surface area contributed by atoms with Gasteiger partial charge in [-0.2, -0.15) is 4.31 Å². The zero-order valence-electron chi connectivity index (χ0n) is 11.6. The normalized spacial score (nSPS) is 23.0. The number of hydrogen-bond donors (Lipinski definition) is 0. The van der Waals surface area contributed by atoms with Gasteiger partial charge in [0.25, 0.3) is 0 Å². The fourth-order valence-corrected chi connectivity index (χ4v) is 4.27. The highest BCUT2D eigenvalue weighted by Gasteiger charge is 2.31. The van der Waals surface area contributed by atoms with Crippen molar-refractivity contribution in [2.75, 3.05) is 33.0 Å². The minimum absolute atomic E-state index is 0.172. The van der Waals surface area contributed by atoms with E-state index >= 15 is 0 Å². The molecule has 7 heteroatoms. The summed E-state index contributed by atoms with van der Waals surface area (Å²) in [6.07, 6.45) is 1.43. The van der Waals surface area contributed by atoms with Crippen LogP contribution in [-0.2, 0) is 10.0 Å². The number of nitrogens with zero attached hydrogens (tertiary/aromatic N) is 1. The van der Waals surface area contributed by atoms with Gasteiger partial charge in [-0.1, -0.05) is 0 Å². The standard InChI is InChI=1S/C14H18FNO4S/c15-9-11-2-1-5-16(10-11)21(17,18)12-3-4-13-14(8-12)20-7-6-19-13/h3-4,8,11H,1-2,5-7,9-10H2. The zero-order chi connectivity index (χ0) is 14.9. The Kier molecular flexibility index (Phi) is 4.03. The lowest BCUT2D eigenvalue weighted by atomic mass is 10.0. The van der Waals surface area contributed by atoms with E-state index in [1.807, 2.05) is 0 Å². The van der Waals surface area contributed by atoms with E-state index in [9.17, 15) is 12.8 Å². The summed E-state index contributed by atoms with van der Waals surface area (Å²) >= 11 is 0. The topological polar surface area (TPSA) is 55.8 Å². The molecule has 1 aromatic carbocycles. The Morgan fingerprint density at radius 2 is 2.00 bits per heavy atom. The minimum atomic E-state index is -3.61. The van der Waals surface area contributed by atoms with E-state index in [1.54, 1.807) is 6.07 Å². The molecule has 0 aliphatic carbocycles. The van der Waals surface area contributed by atoms with Crippen molar-refractivity contribution in [1.29, 1.82) is 0 Å². The summed E-state index contributed by atoms with van der Waals surface area (Å²) in [5, 5.41) is 0. The van der Waals surface area contributed by atoms with Gasteiger partial charge in [-0.25, -0.2) is 8.42 Å². The number of hydrogen-bond acceptors (Lipinski definition) is 4. The monoisotopic (exact) mass is 315 g/mol. The van der Waals surface area contributed by atoms with Crippen LogP contribution in [0.5, 0.6) is 11.5 Å². The van der Waals surface area contributed by atoms with Crippen LogP contribution in [0.15, 0.2) is 23.1 Å². The van der Waals surface area contributed by atoms with Gasteiger partial charge in [0.1, 0.15) is 13.2 Å². The van der Waals surface area contributed by atoms with E-state index in [2.05, 4.69) is 0 Å². The molecule has 0 aromatic heterocycles. The lowest BCUT2D eigenvalue weighted by Gasteiger charge is -2.30. The minimum Gasteiger partial charge on any atom is -0.486 e. The van der Waals surface area contributed by atoms with Crippen molar-refractivity contribution in [3.05, 3.63) is 18.2 Å². The van der Waals surface area contributed by atoms with E-state index < -0.39 is 16.7 Å². The SMILES string of the molecule is O=S(=O)(c1ccc2c(c1)OCCO2)N1CCCC(CF)C1. The summed E-state index contributed by atoms with van der Waals surface area (Å²) < 4.78 is 50.3. The summed E-state index contributed by atoms with van der Waals surface area (Å²) in [6, 6.07) is 4.61. The predicted molar refractivity (Wildman–Crippen MR) is 74.9 cm³/mol. The maximum atomic E-state index is 12.8. The molecule has 0 N–H and O–H groups in total. The van der Waals surface area contributed by atoms with Crippen LogP contribution < -0.4 is 9.47 Å². The highest BCUT2D eigenvalue weighted by Crippen LogP contribution is 2.34. The largest absolute Gasteiger partial charge is 0.486 e. The molecule has 1 fully saturated rings. The molecule has 1 aromatic rings. The van der Waals surface area contributed by atoms with Crippen molar-refractivity contribution in [1.82, 2.24) is 4.31 Å². The Morgan fingerprint density at radius 3 is 2.76 bits per heavy atom. The molecule has 0 amide bonds. The third kappa shape index (κ3) is 2.85. The van der Waals surface area contributed by atoms with Crippen LogP contribution in [0.2, 0.25) is 0 Å². The average molecular weight is 315 g/mol. The first-order valence-electron chi connectivity index (χ1n) is 7.07. The van der Waals surface area contributed by atoms with Crippen LogP contribution in [0.25, 0.3) is 0 Å². The zero-order valence-corrected chi connectivity index (χ0v) is 12.4. The van der Waals surface area contributed by atoms with Crippen LogP contribution in [0.4, 0.5) is 4.39 Å². The van der Waals surface area contributed by atoms with Gasteiger partial charge >= 0.3 is 0 Å². The highest BCUT2D eigenvalue weighted by atomic mass is 32.2. The predicted octanol–water partition coefficient (Wildman–Crippen LogP) is 1.83. The van der Waals surface area contributed by atoms with Crippen molar-refractivity contribution in [3.8, 4) is 11.5 Å². The number of ether oxygens (including phenoxy) is 2. The lowest BCUT2D eigenvalue weighted by molar-refractivity contribution is 0.171. The summed E-state index contributed by atoms with van der Waals surface area (Å²) in [5.74, 6) is 0.799. The van der Waals surface area contributed by atoms with Gasteiger partial charge in [0, 0.05) is 25.1 Å². The lowest BCUT2D eigenvalue weighted by Crippen LogP contribution is -2.40. The first-order valence-corrected chi connectivity index (χ1v) is 8.51. The Labute approximate surface area is 123 Å². The second-order valence-electron chi connectivity index (χ2n) is 5.33. The molecule has 2 aliphatic heterocycles. The van der Waals surface area contributed by atoms with E-state index in [0.29, 0.717) is 37.7 Å². The molecule has 5 nitrogen and oxygen atoms in total. The van der Waals surface area contributed by atoms with Crippen LogP contribution in [0, 0.1) is 5.92 Å². The Morgan fingerprint density at radius 1 is 1.24 bits per heavy atom. The van der Waals surface area contributed by atoms with Crippen LogP contribution >= 0.6 is 0 Å². The number of benzene rings is 1. The molecule has 0 radical (unpaired) electrons. The van der Waals surface area contributed by atoms with E-state index in [4.69, 9.17) is 9.47 Å². The molecule has 0 spiro atoms. The van der Waals surface area contributed by atoms with Gasteiger partial charge in [-0.05, 0) is 25.0 Å². The molecule has 21 heavy (non-hydrogen) atoms. The highest BCUT2D eigenvalue weighted by molar-refractivity contribution is 7.89. The summed E-state index contributed by atoms with van der Waals surface area (Å²) in [4.78, 5) is 0.172. The molecular weight excluding hydrogens is 297 g/mol. The Balaban J connectivity index is 1.87. The summed E-state index contributed by atoms with van der Waals surface area (Å²) in [7, 11) is -3.61. The third-order valence-corrected chi connectivity index (χ3v) is 5.71. The molecule has 1 unspecified atom stereocenters. The van der Waals surface area contributed by atoms with Gasteiger partial charge in [0.15, 0.2) is 11.5 Å². The Hall–Kier alpha value is -1.34. The van der Waals surface area contributed by atoms with Gasteiger partial charge in [0.05, 0.1) is 11.6 Å². The van der Waals surface area contributed by atoms with E-state index in [0.717, 1.165) is 6.42 Å². The van der Waals surface area contributed by atoms with Crippen LogP contribution in [0.3, 0.4) is 0 Å². The quantitative estimate of drug-likeness (QED) is 0.854. The molecule has 1 atom stereocenters. The van der Waals surface area contributed by atoms with Crippen molar-refractivity contribution in [3.63, 3.8) is 0 Å². The van der Waals surface area contributed by atoms with Gasteiger partial charge in [0.2, 0.25) is 10.0 Å². The molecule has 2 heterocycles. The fraction of sp³-hybridized carbons (Fsp3) is 0.571. The van der Waals surface area contributed by atoms with Gasteiger partial charge in [-0.3, -0.25) is 4.39 Å². The van der Waals surface area contributed by atoms with Crippen molar-refractivity contribution >= 4 is 10.0 Å². The molecular formula is C14H18FNO4S. The number of piperidine rings is 1. The van der Waals surface area contributed by atoms with E-state index in [1.165, 1.54) is 16.4 Å². The van der Waals surface area contributed by atoms with Gasteiger partial charge < -0.3 is 9.47 Å². The number of rotatable bonds is 3. The number of halogens is 1. The summed E-state index contributed by atoms with van der Waals surface area (Å²) in [6.45, 7) is 1.07. The first kappa shape index (κ1) is 14.6. The van der Waals surface area contributed by atoms with Crippen molar-refractivity contribution in [2.45, 2.75) is 17.7 Å². The fourth-order valence-electron chi connectivity index (χ4n) is 2.70. The van der Waals surface area contributed by atoms with Crippen molar-refractivity contribution < 1.29 is 22.3 Å². The number of alkyl halides is 1. The maximum absolute atomic E-state index is 12.8. The summed E-state index contributed by atoms with van der Waals surface area (Å²) in [5.41, 5.74) is 0. The van der Waals surface area contributed by atoms with E-state index in [-0.39, 0.29) is 17.4 Å². The molecule has 2 aliphatic rings. The van der Waals surface area contributed by atoms with Gasteiger partial charge in [-0.15, -0.1) is 0 Å². The smallest absolute Gasteiger partial charge is 0.243 e. The third-order valence-electron chi connectivity index (χ3n) is 3.85. The molecule has 3 rings (SSSR count). The molecule has 1 saturated heterocycles. The molecule has 0 bridgehead atoms. The second-order valence-corrected chi connectivity index (χ2v) is 7.27. The first-order chi connectivity index (χ1) is 10.1.